The molecule has 20 heavy (non-hydrogen) atoms. The van der Waals surface area contributed by atoms with Crippen molar-refractivity contribution >= 4 is 15.9 Å². The molecule has 1 nitrogen and oxygen atoms in total. The van der Waals surface area contributed by atoms with E-state index in [1.807, 2.05) is 24.3 Å². The highest BCUT2D eigenvalue weighted by Gasteiger charge is 2.27. The number of aliphatic hydroxyl groups is 1. The van der Waals surface area contributed by atoms with E-state index in [0.717, 1.165) is 28.4 Å². The maximum absolute atomic E-state index is 13.4. The van der Waals surface area contributed by atoms with E-state index in [2.05, 4.69) is 22.0 Å². The lowest BCUT2D eigenvalue weighted by molar-refractivity contribution is 0.0936. The molecule has 3 rings (SSSR count). The fourth-order valence-electron chi connectivity index (χ4n) is 3.05. The van der Waals surface area contributed by atoms with Crippen LogP contribution < -0.4 is 0 Å². The summed E-state index contributed by atoms with van der Waals surface area (Å²) in [5.41, 5.74) is 3.19. The van der Waals surface area contributed by atoms with Crippen LogP contribution in [-0.4, -0.2) is 5.11 Å². The Labute approximate surface area is 126 Å². The van der Waals surface area contributed by atoms with E-state index in [1.54, 1.807) is 6.07 Å². The molecule has 0 saturated carbocycles. The molecule has 104 valence electrons. The maximum Gasteiger partial charge on any atom is 0.124 e. The fourth-order valence-corrected chi connectivity index (χ4v) is 3.56. The van der Waals surface area contributed by atoms with E-state index in [9.17, 15) is 9.50 Å². The second-order valence-corrected chi connectivity index (χ2v) is 6.34. The van der Waals surface area contributed by atoms with Crippen LogP contribution in [0.1, 0.15) is 29.2 Å². The molecular formula is C17H16BrFO. The van der Waals surface area contributed by atoms with E-state index in [1.165, 1.54) is 11.6 Å². The number of benzene rings is 2. The van der Waals surface area contributed by atoms with Crippen LogP contribution in [0, 0.1) is 11.7 Å². The second kappa shape index (κ2) is 5.66. The topological polar surface area (TPSA) is 20.2 Å². The van der Waals surface area contributed by atoms with Gasteiger partial charge in [-0.05, 0) is 60.1 Å². The van der Waals surface area contributed by atoms with Crippen molar-refractivity contribution in [2.75, 3.05) is 0 Å². The van der Waals surface area contributed by atoms with E-state index in [4.69, 9.17) is 0 Å². The first-order chi connectivity index (χ1) is 9.63. The molecule has 0 bridgehead atoms. The molecule has 0 fully saturated rings. The number of halogens is 2. The van der Waals surface area contributed by atoms with Crippen LogP contribution >= 0.6 is 15.9 Å². The van der Waals surface area contributed by atoms with Gasteiger partial charge in [0.1, 0.15) is 5.82 Å². The molecule has 0 spiro atoms. The number of aliphatic hydroxyl groups excluding tert-OH is 1. The molecule has 2 aromatic carbocycles. The molecule has 0 heterocycles. The van der Waals surface area contributed by atoms with Gasteiger partial charge in [-0.2, -0.15) is 0 Å². The zero-order chi connectivity index (χ0) is 14.1. The summed E-state index contributed by atoms with van der Waals surface area (Å²) in [5, 5.41) is 10.5. The molecule has 1 aliphatic rings. The molecule has 1 aliphatic carbocycles. The monoisotopic (exact) mass is 334 g/mol. The summed E-state index contributed by atoms with van der Waals surface area (Å²) in [4.78, 5) is 0. The third kappa shape index (κ3) is 2.79. The van der Waals surface area contributed by atoms with Crippen molar-refractivity contribution in [2.24, 2.45) is 5.92 Å². The number of fused-ring (bicyclic) bond motifs is 1. The van der Waals surface area contributed by atoms with Crippen LogP contribution in [0.3, 0.4) is 0 Å². The normalized spacial score (nSPS) is 21.6. The molecule has 1 N–H and O–H groups in total. The van der Waals surface area contributed by atoms with Gasteiger partial charge in [-0.3, -0.25) is 0 Å². The van der Waals surface area contributed by atoms with Gasteiger partial charge in [0.2, 0.25) is 0 Å². The van der Waals surface area contributed by atoms with Crippen LogP contribution in [0.4, 0.5) is 4.39 Å². The lowest BCUT2D eigenvalue weighted by Gasteiger charge is -2.30. The van der Waals surface area contributed by atoms with Gasteiger partial charge in [-0.1, -0.05) is 40.2 Å². The van der Waals surface area contributed by atoms with E-state index < -0.39 is 6.10 Å². The third-order valence-electron chi connectivity index (χ3n) is 4.02. The summed E-state index contributed by atoms with van der Waals surface area (Å²) < 4.78 is 14.2. The summed E-state index contributed by atoms with van der Waals surface area (Å²) in [6.07, 6.45) is 2.16. The van der Waals surface area contributed by atoms with E-state index >= 15 is 0 Å². The quantitative estimate of drug-likeness (QED) is 0.861. The minimum atomic E-state index is -0.456. The summed E-state index contributed by atoms with van der Waals surface area (Å²) in [6, 6.07) is 13.0. The Bertz CT molecular complexity index is 606. The van der Waals surface area contributed by atoms with Gasteiger partial charge in [-0.15, -0.1) is 0 Å². The first-order valence-corrected chi connectivity index (χ1v) is 7.63. The second-order valence-electron chi connectivity index (χ2n) is 5.42. The van der Waals surface area contributed by atoms with Crippen molar-refractivity contribution in [3.63, 3.8) is 0 Å². The molecule has 2 unspecified atom stereocenters. The van der Waals surface area contributed by atoms with Crippen LogP contribution in [0.5, 0.6) is 0 Å². The standard InChI is InChI=1S/C17H16BrFO/c18-14-8-11(9-15(19)10-14)7-13-6-5-12-3-1-2-4-16(12)17(13)20/h1-4,8-10,13,17,20H,5-7H2. The average Bonchev–Trinajstić information content (AvgIpc) is 2.41. The highest BCUT2D eigenvalue weighted by molar-refractivity contribution is 9.10. The van der Waals surface area contributed by atoms with Crippen molar-refractivity contribution in [1.82, 2.24) is 0 Å². The Morgan fingerprint density at radius 2 is 2.00 bits per heavy atom. The minimum absolute atomic E-state index is 0.151. The van der Waals surface area contributed by atoms with Crippen LogP contribution in [-0.2, 0) is 12.8 Å². The summed E-state index contributed by atoms with van der Waals surface area (Å²) >= 11 is 3.32. The summed E-state index contributed by atoms with van der Waals surface area (Å²) in [5.74, 6) is -0.0846. The Hall–Kier alpha value is -1.19. The Balaban J connectivity index is 1.82. The average molecular weight is 335 g/mol. The van der Waals surface area contributed by atoms with Gasteiger partial charge in [0.15, 0.2) is 0 Å². The zero-order valence-corrected chi connectivity index (χ0v) is 12.6. The predicted octanol–water partition coefficient (Wildman–Crippen LogP) is 4.43. The molecular weight excluding hydrogens is 319 g/mol. The highest BCUT2D eigenvalue weighted by atomic mass is 79.9. The van der Waals surface area contributed by atoms with Crippen LogP contribution in [0.2, 0.25) is 0 Å². The number of hydrogen-bond donors (Lipinski definition) is 1. The van der Waals surface area contributed by atoms with E-state index in [-0.39, 0.29) is 11.7 Å². The summed E-state index contributed by atoms with van der Waals surface area (Å²) in [7, 11) is 0. The van der Waals surface area contributed by atoms with Gasteiger partial charge in [0.05, 0.1) is 6.10 Å². The van der Waals surface area contributed by atoms with Crippen molar-refractivity contribution in [3.05, 3.63) is 69.4 Å². The third-order valence-corrected chi connectivity index (χ3v) is 4.48. The molecule has 0 amide bonds. The predicted molar refractivity (Wildman–Crippen MR) is 81.0 cm³/mol. The molecule has 0 radical (unpaired) electrons. The van der Waals surface area contributed by atoms with Gasteiger partial charge in [0.25, 0.3) is 0 Å². The smallest absolute Gasteiger partial charge is 0.124 e. The van der Waals surface area contributed by atoms with Crippen LogP contribution in [0.25, 0.3) is 0 Å². The molecule has 0 saturated heterocycles. The van der Waals surface area contributed by atoms with Gasteiger partial charge in [-0.25, -0.2) is 4.39 Å². The fraction of sp³-hybridized carbons (Fsp3) is 0.294. The number of rotatable bonds is 2. The molecule has 3 heteroatoms. The van der Waals surface area contributed by atoms with Gasteiger partial charge in [0, 0.05) is 4.47 Å². The molecule has 0 aliphatic heterocycles. The Kier molecular flexibility index (Phi) is 3.90. The van der Waals surface area contributed by atoms with Gasteiger partial charge < -0.3 is 5.11 Å². The van der Waals surface area contributed by atoms with Crippen molar-refractivity contribution in [2.45, 2.75) is 25.4 Å². The zero-order valence-electron chi connectivity index (χ0n) is 11.0. The van der Waals surface area contributed by atoms with Crippen molar-refractivity contribution in [3.8, 4) is 0 Å². The Morgan fingerprint density at radius 1 is 1.20 bits per heavy atom. The first-order valence-electron chi connectivity index (χ1n) is 6.84. The van der Waals surface area contributed by atoms with E-state index in [0.29, 0.717) is 6.42 Å². The molecule has 0 aromatic heterocycles. The number of hydrogen-bond acceptors (Lipinski definition) is 1. The maximum atomic E-state index is 13.4. The molecule has 2 aromatic rings. The van der Waals surface area contributed by atoms with Crippen molar-refractivity contribution in [1.29, 1.82) is 0 Å². The highest BCUT2D eigenvalue weighted by Crippen LogP contribution is 2.36. The SMILES string of the molecule is OC1c2ccccc2CCC1Cc1cc(F)cc(Br)c1. The van der Waals surface area contributed by atoms with Crippen molar-refractivity contribution < 1.29 is 9.50 Å². The van der Waals surface area contributed by atoms with Gasteiger partial charge >= 0.3 is 0 Å². The first kappa shape index (κ1) is 13.8. The lowest BCUT2D eigenvalue weighted by Crippen LogP contribution is -2.22. The molecule has 2 atom stereocenters. The Morgan fingerprint density at radius 3 is 2.80 bits per heavy atom. The summed E-state index contributed by atoms with van der Waals surface area (Å²) in [6.45, 7) is 0. The number of aryl methyl sites for hydroxylation is 1. The largest absolute Gasteiger partial charge is 0.388 e. The van der Waals surface area contributed by atoms with Crippen LogP contribution in [0.15, 0.2) is 46.9 Å². The minimum Gasteiger partial charge on any atom is -0.388 e. The lowest BCUT2D eigenvalue weighted by atomic mass is 9.78.